The van der Waals surface area contributed by atoms with E-state index in [4.69, 9.17) is 0 Å². The highest BCUT2D eigenvalue weighted by molar-refractivity contribution is 7.08. The van der Waals surface area contributed by atoms with Crippen molar-refractivity contribution in [1.29, 1.82) is 0 Å². The second-order valence-corrected chi connectivity index (χ2v) is 7.24. The molecule has 0 aliphatic carbocycles. The summed E-state index contributed by atoms with van der Waals surface area (Å²) in [4.78, 5) is 31.2. The van der Waals surface area contributed by atoms with Crippen molar-refractivity contribution in [2.24, 2.45) is 0 Å². The third kappa shape index (κ3) is 3.78. The largest absolute Gasteiger partial charge is 0.347 e. The molecule has 0 spiro atoms. The van der Waals surface area contributed by atoms with Crippen LogP contribution in [0.4, 0.5) is 0 Å². The first-order valence-corrected chi connectivity index (χ1v) is 9.83. The summed E-state index contributed by atoms with van der Waals surface area (Å²) in [6.07, 6.45) is 4.19. The van der Waals surface area contributed by atoms with E-state index in [-0.39, 0.29) is 11.8 Å². The first-order valence-electron chi connectivity index (χ1n) is 8.89. The molecule has 0 aromatic carbocycles. The van der Waals surface area contributed by atoms with Crippen LogP contribution >= 0.6 is 11.3 Å². The van der Waals surface area contributed by atoms with Gasteiger partial charge in [-0.2, -0.15) is 11.3 Å². The summed E-state index contributed by atoms with van der Waals surface area (Å²) in [5.74, 6) is -0.0488. The Morgan fingerprint density at radius 3 is 2.85 bits per heavy atom. The van der Waals surface area contributed by atoms with Crippen LogP contribution in [-0.2, 0) is 19.5 Å². The van der Waals surface area contributed by atoms with Crippen molar-refractivity contribution in [3.05, 3.63) is 76.0 Å². The Kier molecular flexibility index (Phi) is 5.02. The molecule has 27 heavy (non-hydrogen) atoms. The molecular weight excluding hydrogens is 360 g/mol. The van der Waals surface area contributed by atoms with Gasteiger partial charge in [-0.3, -0.25) is 14.6 Å². The van der Waals surface area contributed by atoms with Gasteiger partial charge in [0.2, 0.25) is 0 Å². The lowest BCUT2D eigenvalue weighted by Gasteiger charge is -2.19. The van der Waals surface area contributed by atoms with Crippen LogP contribution in [0, 0.1) is 0 Å². The fourth-order valence-electron chi connectivity index (χ4n) is 3.32. The van der Waals surface area contributed by atoms with E-state index in [9.17, 15) is 9.59 Å². The number of amides is 2. The summed E-state index contributed by atoms with van der Waals surface area (Å²) in [6, 6.07) is 9.49. The molecule has 3 aromatic heterocycles. The Hall–Kier alpha value is -2.93. The maximum Gasteiger partial charge on any atom is 0.268 e. The number of aromatic nitrogens is 2. The van der Waals surface area contributed by atoms with E-state index < -0.39 is 0 Å². The van der Waals surface area contributed by atoms with Crippen LogP contribution in [-0.4, -0.2) is 39.4 Å². The Bertz CT molecular complexity index is 934. The lowest BCUT2D eigenvalue weighted by molar-refractivity contribution is 0.0759. The van der Waals surface area contributed by atoms with Gasteiger partial charge in [-0.1, -0.05) is 6.07 Å². The number of hydrogen-bond acceptors (Lipinski definition) is 4. The number of thiophene rings is 1. The molecular formula is C20H20N4O2S. The van der Waals surface area contributed by atoms with Crippen LogP contribution in [0.25, 0.3) is 0 Å². The fourth-order valence-corrected chi connectivity index (χ4v) is 3.95. The quantitative estimate of drug-likeness (QED) is 0.756. The number of nitrogens with zero attached hydrogens (tertiary/aromatic N) is 3. The van der Waals surface area contributed by atoms with E-state index in [1.165, 1.54) is 11.3 Å². The molecule has 1 N–H and O–H groups in total. The maximum atomic E-state index is 12.6. The average molecular weight is 380 g/mol. The highest BCUT2D eigenvalue weighted by Crippen LogP contribution is 2.17. The van der Waals surface area contributed by atoms with Crippen molar-refractivity contribution in [1.82, 2.24) is 19.8 Å². The highest BCUT2D eigenvalue weighted by Gasteiger charge is 2.23. The molecule has 1 aliphatic heterocycles. The van der Waals surface area contributed by atoms with Gasteiger partial charge in [0.15, 0.2) is 0 Å². The van der Waals surface area contributed by atoms with Crippen molar-refractivity contribution in [2.45, 2.75) is 19.5 Å². The topological polar surface area (TPSA) is 67.2 Å². The van der Waals surface area contributed by atoms with Crippen molar-refractivity contribution in [2.75, 3.05) is 13.1 Å². The maximum absolute atomic E-state index is 12.6. The normalized spacial score (nSPS) is 13.7. The summed E-state index contributed by atoms with van der Waals surface area (Å²) in [6.45, 7) is 2.32. The minimum absolute atomic E-state index is 0.0598. The van der Waals surface area contributed by atoms with Gasteiger partial charge >= 0.3 is 0 Å². The molecule has 3 aromatic rings. The van der Waals surface area contributed by atoms with E-state index >= 15 is 0 Å². The Morgan fingerprint density at radius 1 is 1.15 bits per heavy atom. The molecule has 0 fully saturated rings. The second-order valence-electron chi connectivity index (χ2n) is 6.46. The molecule has 0 unspecified atom stereocenters. The molecule has 7 heteroatoms. The molecule has 4 heterocycles. The molecule has 0 atom stereocenters. The monoisotopic (exact) mass is 380 g/mol. The van der Waals surface area contributed by atoms with Crippen LogP contribution in [0.3, 0.4) is 0 Å². The van der Waals surface area contributed by atoms with E-state index in [0.29, 0.717) is 31.9 Å². The lowest BCUT2D eigenvalue weighted by Crippen LogP contribution is -2.33. The summed E-state index contributed by atoms with van der Waals surface area (Å²) >= 11 is 1.53. The van der Waals surface area contributed by atoms with E-state index in [0.717, 1.165) is 23.2 Å². The third-order valence-electron chi connectivity index (χ3n) is 4.77. The van der Waals surface area contributed by atoms with E-state index in [1.807, 2.05) is 50.6 Å². The van der Waals surface area contributed by atoms with Gasteiger partial charge in [0.05, 0.1) is 5.56 Å². The molecule has 2 amide bonds. The minimum atomic E-state index is -0.109. The van der Waals surface area contributed by atoms with E-state index in [2.05, 4.69) is 10.3 Å². The number of hydrogen-bond donors (Lipinski definition) is 1. The molecule has 0 radical (unpaired) electrons. The van der Waals surface area contributed by atoms with Gasteiger partial charge in [0.1, 0.15) is 5.69 Å². The predicted molar refractivity (Wildman–Crippen MR) is 104 cm³/mol. The smallest absolute Gasteiger partial charge is 0.268 e. The van der Waals surface area contributed by atoms with Gasteiger partial charge in [-0.05, 0) is 35.2 Å². The number of nitrogens with one attached hydrogen (secondary N) is 1. The Labute approximate surface area is 161 Å². The summed E-state index contributed by atoms with van der Waals surface area (Å²) < 4.78 is 2.03. The van der Waals surface area contributed by atoms with Gasteiger partial charge in [0.25, 0.3) is 11.8 Å². The summed E-state index contributed by atoms with van der Waals surface area (Å²) in [5.41, 5.74) is 3.42. The third-order valence-corrected chi connectivity index (χ3v) is 5.45. The number of rotatable bonds is 4. The molecule has 0 bridgehead atoms. The zero-order chi connectivity index (χ0) is 18.6. The van der Waals surface area contributed by atoms with E-state index in [1.54, 1.807) is 12.4 Å². The second kappa shape index (κ2) is 7.75. The van der Waals surface area contributed by atoms with Gasteiger partial charge in [-0.25, -0.2) is 0 Å². The summed E-state index contributed by atoms with van der Waals surface area (Å²) in [5, 5.41) is 6.75. The molecule has 6 nitrogen and oxygen atoms in total. The SMILES string of the molecule is O=C(NCc1cccnc1)c1ccc2n1CCN(C(=O)c1ccsc1)CC2. The van der Waals surface area contributed by atoms with Crippen LogP contribution in [0.15, 0.2) is 53.5 Å². The van der Waals surface area contributed by atoms with Crippen LogP contribution in [0.5, 0.6) is 0 Å². The number of carbonyl (C=O) groups is 2. The molecule has 0 saturated heterocycles. The summed E-state index contributed by atoms with van der Waals surface area (Å²) in [7, 11) is 0. The van der Waals surface area contributed by atoms with Gasteiger partial charge in [0, 0.05) is 56.1 Å². The van der Waals surface area contributed by atoms with Gasteiger partial charge < -0.3 is 14.8 Å². The van der Waals surface area contributed by atoms with Crippen molar-refractivity contribution >= 4 is 23.2 Å². The van der Waals surface area contributed by atoms with Crippen LogP contribution in [0.1, 0.15) is 32.1 Å². The molecule has 4 rings (SSSR count). The average Bonchev–Trinajstić information content (AvgIpc) is 3.33. The van der Waals surface area contributed by atoms with Crippen LogP contribution in [0.2, 0.25) is 0 Å². The number of carbonyl (C=O) groups excluding carboxylic acids is 2. The standard InChI is InChI=1S/C20H20N4O2S/c25-19(22-13-15-2-1-7-21-12-15)18-4-3-17-5-8-23(9-10-24(17)18)20(26)16-6-11-27-14-16/h1-4,6-7,11-12,14H,5,8-10,13H2,(H,22,25). The zero-order valence-corrected chi connectivity index (χ0v) is 15.6. The molecule has 0 saturated carbocycles. The molecule has 1 aliphatic rings. The first-order chi connectivity index (χ1) is 13.2. The minimum Gasteiger partial charge on any atom is -0.347 e. The first kappa shape index (κ1) is 17.5. The van der Waals surface area contributed by atoms with Crippen molar-refractivity contribution in [3.63, 3.8) is 0 Å². The van der Waals surface area contributed by atoms with Crippen molar-refractivity contribution < 1.29 is 9.59 Å². The number of fused-ring (bicyclic) bond motifs is 1. The Morgan fingerprint density at radius 2 is 2.07 bits per heavy atom. The fraction of sp³-hybridized carbons (Fsp3) is 0.250. The number of pyridine rings is 1. The molecule has 138 valence electrons. The van der Waals surface area contributed by atoms with Gasteiger partial charge in [-0.15, -0.1) is 0 Å². The van der Waals surface area contributed by atoms with Crippen LogP contribution < -0.4 is 5.32 Å². The zero-order valence-electron chi connectivity index (χ0n) is 14.8. The highest BCUT2D eigenvalue weighted by atomic mass is 32.1. The Balaban J connectivity index is 1.43. The lowest BCUT2D eigenvalue weighted by atomic mass is 10.2. The van der Waals surface area contributed by atoms with Crippen molar-refractivity contribution in [3.8, 4) is 0 Å². The predicted octanol–water partition coefficient (Wildman–Crippen LogP) is 2.57.